The smallest absolute Gasteiger partial charge is 0.190 e. The van der Waals surface area contributed by atoms with E-state index < -0.39 is 0 Å². The Kier molecular flexibility index (Phi) is 13.5. The third-order valence-corrected chi connectivity index (χ3v) is 4.32. The van der Waals surface area contributed by atoms with Crippen LogP contribution in [0.15, 0.2) is 29.3 Å². The zero-order chi connectivity index (χ0) is 18.7. The molecule has 6 heteroatoms. The van der Waals surface area contributed by atoms with Gasteiger partial charge in [-0.3, -0.25) is 9.89 Å². The van der Waals surface area contributed by atoms with E-state index in [1.165, 1.54) is 5.56 Å². The fourth-order valence-corrected chi connectivity index (χ4v) is 3.03. The van der Waals surface area contributed by atoms with Gasteiger partial charge in [0.15, 0.2) is 5.96 Å². The average molecular weight is 476 g/mol. The molecule has 0 unspecified atom stereocenters. The maximum absolute atomic E-state index is 5.39. The maximum atomic E-state index is 5.39. The molecule has 0 aromatic heterocycles. The van der Waals surface area contributed by atoms with Crippen molar-refractivity contribution in [1.82, 2.24) is 15.5 Å². The molecule has 26 heavy (non-hydrogen) atoms. The second kappa shape index (κ2) is 14.1. The fraction of sp³-hybridized carbons (Fsp3) is 0.650. The Morgan fingerprint density at radius 2 is 1.69 bits per heavy atom. The molecule has 0 radical (unpaired) electrons. The van der Waals surface area contributed by atoms with E-state index in [9.17, 15) is 0 Å². The molecule has 0 bridgehead atoms. The predicted octanol–water partition coefficient (Wildman–Crippen LogP) is 3.53. The molecule has 0 atom stereocenters. The molecule has 1 rings (SSSR count). The highest BCUT2D eigenvalue weighted by molar-refractivity contribution is 14.0. The van der Waals surface area contributed by atoms with Crippen molar-refractivity contribution in [2.24, 2.45) is 4.99 Å². The zero-order valence-corrected chi connectivity index (χ0v) is 19.5. The molecule has 1 aromatic rings. The molecular formula is C20H37IN4O. The first-order valence-corrected chi connectivity index (χ1v) is 9.31. The Hall–Kier alpha value is -1.02. The van der Waals surface area contributed by atoms with Crippen LogP contribution in [-0.2, 0) is 6.42 Å². The van der Waals surface area contributed by atoms with Gasteiger partial charge in [0.05, 0.1) is 7.11 Å². The van der Waals surface area contributed by atoms with Crippen molar-refractivity contribution in [3.05, 3.63) is 29.8 Å². The zero-order valence-electron chi connectivity index (χ0n) is 17.2. The van der Waals surface area contributed by atoms with Gasteiger partial charge in [-0.05, 0) is 52.2 Å². The molecule has 1 aromatic carbocycles. The molecule has 0 aliphatic heterocycles. The highest BCUT2D eigenvalue weighted by Gasteiger charge is 2.12. The summed E-state index contributed by atoms with van der Waals surface area (Å²) in [6, 6.07) is 9.30. The number of rotatable bonds is 10. The van der Waals surface area contributed by atoms with Crippen LogP contribution in [-0.4, -0.2) is 56.7 Å². The summed E-state index contributed by atoms with van der Waals surface area (Å²) in [4.78, 5) is 6.81. The summed E-state index contributed by atoms with van der Waals surface area (Å²) in [5.74, 6) is 1.80. The monoisotopic (exact) mass is 476 g/mol. The lowest BCUT2D eigenvalue weighted by Crippen LogP contribution is -2.41. The number of guanidine groups is 1. The minimum absolute atomic E-state index is 0. The first-order chi connectivity index (χ1) is 12.0. The lowest BCUT2D eigenvalue weighted by atomic mass is 10.1. The topological polar surface area (TPSA) is 48.9 Å². The van der Waals surface area contributed by atoms with E-state index in [1.807, 2.05) is 25.2 Å². The minimum atomic E-state index is 0. The molecule has 150 valence electrons. The third kappa shape index (κ3) is 9.07. The number of aliphatic imine (C=N–C) groups is 1. The van der Waals surface area contributed by atoms with Crippen LogP contribution in [0.1, 0.15) is 39.7 Å². The van der Waals surface area contributed by atoms with E-state index >= 15 is 0 Å². The van der Waals surface area contributed by atoms with E-state index in [4.69, 9.17) is 4.74 Å². The van der Waals surface area contributed by atoms with Gasteiger partial charge in [0.2, 0.25) is 0 Å². The van der Waals surface area contributed by atoms with E-state index in [-0.39, 0.29) is 24.0 Å². The molecule has 0 heterocycles. The van der Waals surface area contributed by atoms with Crippen molar-refractivity contribution in [2.45, 2.75) is 52.6 Å². The Bertz CT molecular complexity index is 512. The number of hydrogen-bond donors (Lipinski definition) is 2. The van der Waals surface area contributed by atoms with E-state index in [0.717, 1.165) is 44.2 Å². The van der Waals surface area contributed by atoms with Gasteiger partial charge in [0, 0.05) is 38.8 Å². The summed E-state index contributed by atoms with van der Waals surface area (Å²) in [6.45, 7) is 11.9. The van der Waals surface area contributed by atoms with E-state index in [0.29, 0.717) is 12.1 Å². The third-order valence-electron chi connectivity index (χ3n) is 4.32. The van der Waals surface area contributed by atoms with Gasteiger partial charge in [-0.25, -0.2) is 0 Å². The van der Waals surface area contributed by atoms with Crippen LogP contribution >= 0.6 is 24.0 Å². The number of para-hydroxylation sites is 1. The summed E-state index contributed by atoms with van der Waals surface area (Å²) in [7, 11) is 3.53. The maximum Gasteiger partial charge on any atom is 0.190 e. The average Bonchev–Trinajstić information content (AvgIpc) is 2.59. The first kappa shape index (κ1) is 25.0. The molecular weight excluding hydrogens is 439 g/mol. The number of halogens is 1. The molecule has 0 aliphatic carbocycles. The number of methoxy groups -OCH3 is 1. The van der Waals surface area contributed by atoms with Crippen molar-refractivity contribution < 1.29 is 4.74 Å². The van der Waals surface area contributed by atoms with Gasteiger partial charge in [-0.1, -0.05) is 18.2 Å². The van der Waals surface area contributed by atoms with Crippen LogP contribution in [0.2, 0.25) is 0 Å². The first-order valence-electron chi connectivity index (χ1n) is 9.31. The normalized spacial score (nSPS) is 11.7. The lowest BCUT2D eigenvalue weighted by Gasteiger charge is -2.30. The Labute approximate surface area is 177 Å². The highest BCUT2D eigenvalue weighted by Crippen LogP contribution is 2.17. The van der Waals surface area contributed by atoms with Crippen molar-refractivity contribution in [3.8, 4) is 5.75 Å². The number of benzene rings is 1. The van der Waals surface area contributed by atoms with Crippen LogP contribution in [0.4, 0.5) is 0 Å². The van der Waals surface area contributed by atoms with Gasteiger partial charge < -0.3 is 15.4 Å². The van der Waals surface area contributed by atoms with Crippen LogP contribution in [0, 0.1) is 0 Å². The van der Waals surface area contributed by atoms with E-state index in [1.54, 1.807) is 7.11 Å². The largest absolute Gasteiger partial charge is 0.496 e. The Balaban J connectivity index is 0.00000625. The molecule has 0 fully saturated rings. The number of nitrogens with one attached hydrogen (secondary N) is 2. The second-order valence-electron chi connectivity index (χ2n) is 6.77. The number of ether oxygens (including phenoxy) is 1. The quantitative estimate of drug-likeness (QED) is 0.235. The molecule has 0 spiro atoms. The van der Waals surface area contributed by atoms with Crippen LogP contribution in [0.25, 0.3) is 0 Å². The van der Waals surface area contributed by atoms with E-state index in [2.05, 4.69) is 54.3 Å². The SMILES string of the molecule is CN=C(NCCCN(C(C)C)C(C)C)NCCc1ccccc1OC.I. The van der Waals surface area contributed by atoms with Crippen LogP contribution in [0.3, 0.4) is 0 Å². The fourth-order valence-electron chi connectivity index (χ4n) is 3.03. The molecule has 0 aliphatic rings. The second-order valence-corrected chi connectivity index (χ2v) is 6.77. The van der Waals surface area contributed by atoms with Crippen LogP contribution in [0.5, 0.6) is 5.75 Å². The van der Waals surface area contributed by atoms with Gasteiger partial charge in [-0.15, -0.1) is 24.0 Å². The molecule has 0 saturated carbocycles. The summed E-state index contributed by atoms with van der Waals surface area (Å²) < 4.78 is 5.39. The number of hydrogen-bond acceptors (Lipinski definition) is 3. The number of nitrogens with zero attached hydrogens (tertiary/aromatic N) is 2. The highest BCUT2D eigenvalue weighted by atomic mass is 127. The molecule has 2 N–H and O–H groups in total. The summed E-state index contributed by atoms with van der Waals surface area (Å²) in [5.41, 5.74) is 1.21. The van der Waals surface area contributed by atoms with Gasteiger partial charge in [0.1, 0.15) is 5.75 Å². The lowest BCUT2D eigenvalue weighted by molar-refractivity contribution is 0.173. The summed E-state index contributed by atoms with van der Waals surface area (Å²) >= 11 is 0. The van der Waals surface area contributed by atoms with Crippen molar-refractivity contribution in [2.75, 3.05) is 33.8 Å². The Morgan fingerprint density at radius 3 is 2.27 bits per heavy atom. The van der Waals surface area contributed by atoms with Crippen molar-refractivity contribution >= 4 is 29.9 Å². The van der Waals surface area contributed by atoms with Gasteiger partial charge >= 0.3 is 0 Å². The predicted molar refractivity (Wildman–Crippen MR) is 123 cm³/mol. The molecule has 5 nitrogen and oxygen atoms in total. The van der Waals surface area contributed by atoms with Gasteiger partial charge in [-0.2, -0.15) is 0 Å². The van der Waals surface area contributed by atoms with Gasteiger partial charge in [0.25, 0.3) is 0 Å². The minimum Gasteiger partial charge on any atom is -0.496 e. The standard InChI is InChI=1S/C20H36N4O.HI/c1-16(2)24(17(3)4)15-9-13-22-20(21-5)23-14-12-18-10-7-8-11-19(18)25-6;/h7-8,10-11,16-17H,9,12-15H2,1-6H3,(H2,21,22,23);1H. The molecule has 0 saturated heterocycles. The molecule has 0 amide bonds. The van der Waals surface area contributed by atoms with Crippen molar-refractivity contribution in [1.29, 1.82) is 0 Å². The van der Waals surface area contributed by atoms with Crippen molar-refractivity contribution in [3.63, 3.8) is 0 Å². The van der Waals surface area contributed by atoms with Crippen LogP contribution < -0.4 is 15.4 Å². The summed E-state index contributed by atoms with van der Waals surface area (Å²) in [6.07, 6.45) is 2.00. The summed E-state index contributed by atoms with van der Waals surface area (Å²) in [5, 5.41) is 6.77. The Morgan fingerprint density at radius 1 is 1.08 bits per heavy atom.